The number of nitrogens with two attached hydrogens (primary N) is 1. The number of hydrazine groups is 1. The zero-order chi connectivity index (χ0) is 12.0. The highest BCUT2D eigenvalue weighted by Gasteiger charge is 2.15. The summed E-state index contributed by atoms with van der Waals surface area (Å²) in [6.07, 6.45) is 4.02. The van der Waals surface area contributed by atoms with Crippen molar-refractivity contribution in [3.63, 3.8) is 0 Å². The lowest BCUT2D eigenvalue weighted by Gasteiger charge is -2.15. The molecule has 1 aromatic heterocycles. The average Bonchev–Trinajstić information content (AvgIpc) is 2.28. The van der Waals surface area contributed by atoms with Gasteiger partial charge >= 0.3 is 0 Å². The molecule has 1 rings (SSSR count). The van der Waals surface area contributed by atoms with Crippen LogP contribution < -0.4 is 16.0 Å². The minimum absolute atomic E-state index is 0.242. The quantitative estimate of drug-likeness (QED) is 0.332. The fraction of sp³-hybridized carbons (Fsp3) is 0.455. The van der Waals surface area contributed by atoms with Gasteiger partial charge in [-0.1, -0.05) is 19.9 Å². The highest BCUT2D eigenvalue weighted by atomic mass is 16.5. The monoisotopic (exact) mass is 222 g/mol. The first-order valence-corrected chi connectivity index (χ1v) is 5.25. The molecule has 0 amide bonds. The fourth-order valence-electron chi connectivity index (χ4n) is 1.37. The standard InChI is InChI=1S/C11H18N4O/c1-4-5-6-16-11-9(8(2)3)10(15-12)13-7-14-11/h4,7-8H,1,5-6,12H2,2-3H3,(H,13,14,15). The van der Waals surface area contributed by atoms with E-state index in [-0.39, 0.29) is 5.92 Å². The summed E-state index contributed by atoms with van der Waals surface area (Å²) in [7, 11) is 0. The van der Waals surface area contributed by atoms with Gasteiger partial charge in [0.05, 0.1) is 12.2 Å². The summed E-state index contributed by atoms with van der Waals surface area (Å²) in [5.74, 6) is 6.83. The van der Waals surface area contributed by atoms with Crippen LogP contribution in [0.2, 0.25) is 0 Å². The highest BCUT2D eigenvalue weighted by molar-refractivity contribution is 5.49. The van der Waals surface area contributed by atoms with E-state index in [1.807, 2.05) is 13.8 Å². The van der Waals surface area contributed by atoms with Crippen molar-refractivity contribution in [2.75, 3.05) is 12.0 Å². The molecule has 5 nitrogen and oxygen atoms in total. The van der Waals surface area contributed by atoms with Crippen LogP contribution in [0.3, 0.4) is 0 Å². The normalized spacial score (nSPS) is 10.2. The van der Waals surface area contributed by atoms with Crippen LogP contribution in [0.15, 0.2) is 19.0 Å². The first-order valence-electron chi connectivity index (χ1n) is 5.25. The van der Waals surface area contributed by atoms with Gasteiger partial charge in [0.2, 0.25) is 5.88 Å². The van der Waals surface area contributed by atoms with Gasteiger partial charge in [-0.25, -0.2) is 15.8 Å². The fourth-order valence-corrected chi connectivity index (χ4v) is 1.37. The number of nitrogens with zero attached hydrogens (tertiary/aromatic N) is 2. The molecule has 1 heterocycles. The van der Waals surface area contributed by atoms with Crippen molar-refractivity contribution in [2.45, 2.75) is 26.2 Å². The Bertz CT molecular complexity index is 352. The van der Waals surface area contributed by atoms with Crippen molar-refractivity contribution in [1.82, 2.24) is 9.97 Å². The Morgan fingerprint density at radius 2 is 2.31 bits per heavy atom. The van der Waals surface area contributed by atoms with E-state index in [1.54, 1.807) is 6.08 Å². The third kappa shape index (κ3) is 2.93. The summed E-state index contributed by atoms with van der Waals surface area (Å²) in [5.41, 5.74) is 3.45. The molecule has 1 aromatic rings. The summed E-state index contributed by atoms with van der Waals surface area (Å²) < 4.78 is 5.56. The Balaban J connectivity index is 2.93. The van der Waals surface area contributed by atoms with Gasteiger partial charge in [0.1, 0.15) is 6.33 Å². The number of aromatic nitrogens is 2. The molecule has 0 fully saturated rings. The van der Waals surface area contributed by atoms with Crippen LogP contribution in [-0.4, -0.2) is 16.6 Å². The minimum Gasteiger partial charge on any atom is -0.477 e. The molecule has 0 aliphatic heterocycles. The van der Waals surface area contributed by atoms with Gasteiger partial charge in [0, 0.05) is 0 Å². The van der Waals surface area contributed by atoms with E-state index in [0.717, 1.165) is 12.0 Å². The lowest BCUT2D eigenvalue weighted by atomic mass is 10.1. The van der Waals surface area contributed by atoms with E-state index in [2.05, 4.69) is 22.0 Å². The van der Waals surface area contributed by atoms with Gasteiger partial charge in [0.25, 0.3) is 0 Å². The molecular formula is C11H18N4O. The first-order chi connectivity index (χ1) is 7.70. The van der Waals surface area contributed by atoms with Crippen LogP contribution in [0.25, 0.3) is 0 Å². The van der Waals surface area contributed by atoms with E-state index in [1.165, 1.54) is 6.33 Å². The van der Waals surface area contributed by atoms with Gasteiger partial charge in [-0.3, -0.25) is 0 Å². The lowest BCUT2D eigenvalue weighted by Crippen LogP contribution is -2.14. The van der Waals surface area contributed by atoms with Crippen molar-refractivity contribution < 1.29 is 4.74 Å². The molecule has 0 unspecified atom stereocenters. The Labute approximate surface area is 95.7 Å². The van der Waals surface area contributed by atoms with Crippen molar-refractivity contribution in [3.8, 4) is 5.88 Å². The van der Waals surface area contributed by atoms with Gasteiger partial charge in [-0.15, -0.1) is 6.58 Å². The minimum atomic E-state index is 0.242. The molecule has 0 saturated carbocycles. The van der Waals surface area contributed by atoms with E-state index in [0.29, 0.717) is 18.3 Å². The zero-order valence-electron chi connectivity index (χ0n) is 9.73. The summed E-state index contributed by atoms with van der Waals surface area (Å²) in [6, 6.07) is 0. The topological polar surface area (TPSA) is 73.1 Å². The van der Waals surface area contributed by atoms with Gasteiger partial charge < -0.3 is 10.2 Å². The number of nitrogen functional groups attached to an aromatic ring is 1. The number of anilines is 1. The predicted octanol–water partition coefficient (Wildman–Crippen LogP) is 1.84. The second-order valence-electron chi connectivity index (χ2n) is 3.67. The third-order valence-electron chi connectivity index (χ3n) is 2.12. The van der Waals surface area contributed by atoms with Crippen molar-refractivity contribution >= 4 is 5.82 Å². The van der Waals surface area contributed by atoms with Gasteiger partial charge in [-0.05, 0) is 12.3 Å². The van der Waals surface area contributed by atoms with Crippen LogP contribution >= 0.6 is 0 Å². The largest absolute Gasteiger partial charge is 0.477 e. The van der Waals surface area contributed by atoms with Crippen molar-refractivity contribution in [3.05, 3.63) is 24.5 Å². The van der Waals surface area contributed by atoms with E-state index in [9.17, 15) is 0 Å². The number of hydrogen-bond acceptors (Lipinski definition) is 5. The number of ether oxygens (including phenoxy) is 1. The molecule has 16 heavy (non-hydrogen) atoms. The number of nitrogens with one attached hydrogen (secondary N) is 1. The second-order valence-corrected chi connectivity index (χ2v) is 3.67. The molecule has 0 aliphatic rings. The van der Waals surface area contributed by atoms with Crippen LogP contribution in [0.4, 0.5) is 5.82 Å². The Hall–Kier alpha value is -1.62. The van der Waals surface area contributed by atoms with E-state index in [4.69, 9.17) is 10.6 Å². The SMILES string of the molecule is C=CCCOc1ncnc(NN)c1C(C)C. The average molecular weight is 222 g/mol. The Morgan fingerprint density at radius 1 is 1.56 bits per heavy atom. The van der Waals surface area contributed by atoms with Gasteiger partial charge in [-0.2, -0.15) is 0 Å². The maximum atomic E-state index is 5.56. The second kappa shape index (κ2) is 6.07. The maximum absolute atomic E-state index is 5.56. The molecule has 5 heteroatoms. The molecular weight excluding hydrogens is 204 g/mol. The zero-order valence-corrected chi connectivity index (χ0v) is 9.73. The Morgan fingerprint density at radius 3 is 2.88 bits per heavy atom. The molecule has 0 atom stereocenters. The predicted molar refractivity (Wildman–Crippen MR) is 64.2 cm³/mol. The smallest absolute Gasteiger partial charge is 0.222 e. The summed E-state index contributed by atoms with van der Waals surface area (Å²) >= 11 is 0. The van der Waals surface area contributed by atoms with E-state index >= 15 is 0 Å². The van der Waals surface area contributed by atoms with Crippen LogP contribution in [0, 0.1) is 0 Å². The molecule has 0 radical (unpaired) electrons. The molecule has 0 bridgehead atoms. The molecule has 0 saturated heterocycles. The van der Waals surface area contributed by atoms with Crippen LogP contribution in [-0.2, 0) is 0 Å². The van der Waals surface area contributed by atoms with Crippen molar-refractivity contribution in [1.29, 1.82) is 0 Å². The first kappa shape index (κ1) is 12.4. The van der Waals surface area contributed by atoms with E-state index < -0.39 is 0 Å². The van der Waals surface area contributed by atoms with Gasteiger partial charge in [0.15, 0.2) is 5.82 Å². The highest BCUT2D eigenvalue weighted by Crippen LogP contribution is 2.29. The maximum Gasteiger partial charge on any atom is 0.222 e. The summed E-state index contributed by atoms with van der Waals surface area (Å²) in [5, 5.41) is 0. The Kier molecular flexibility index (Phi) is 4.72. The molecule has 0 spiro atoms. The van der Waals surface area contributed by atoms with Crippen molar-refractivity contribution in [2.24, 2.45) is 5.84 Å². The van der Waals surface area contributed by atoms with Crippen LogP contribution in [0.1, 0.15) is 31.7 Å². The molecule has 0 aliphatic carbocycles. The van der Waals surface area contributed by atoms with Crippen LogP contribution in [0.5, 0.6) is 5.88 Å². The third-order valence-corrected chi connectivity index (χ3v) is 2.12. The number of hydrogen-bond donors (Lipinski definition) is 2. The molecule has 0 aromatic carbocycles. The lowest BCUT2D eigenvalue weighted by molar-refractivity contribution is 0.307. The summed E-state index contributed by atoms with van der Waals surface area (Å²) in [6.45, 7) is 8.28. The summed E-state index contributed by atoms with van der Waals surface area (Å²) in [4.78, 5) is 8.18. The molecule has 88 valence electrons. The molecule has 3 N–H and O–H groups in total. The number of rotatable bonds is 6.